The molecule has 2 saturated carbocycles. The molecule has 5 aliphatic rings. The third kappa shape index (κ3) is 4.75. The number of hydrogen-bond acceptors (Lipinski definition) is 1. The number of anilines is 3. The van der Waals surface area contributed by atoms with Crippen molar-refractivity contribution in [2.45, 2.75) is 69.6 Å². The van der Waals surface area contributed by atoms with Crippen LogP contribution in [0.4, 0.5) is 17.1 Å². The van der Waals surface area contributed by atoms with E-state index in [1.54, 1.807) is 11.1 Å². The Morgan fingerprint density at radius 3 is 1.55 bits per heavy atom. The second-order valence-electron chi connectivity index (χ2n) is 20.0. The van der Waals surface area contributed by atoms with Gasteiger partial charge < -0.3 is 4.90 Å². The molecule has 5 aliphatic carbocycles. The van der Waals surface area contributed by atoms with Crippen LogP contribution in [0.3, 0.4) is 0 Å². The third-order valence-corrected chi connectivity index (χ3v) is 16.3. The van der Waals surface area contributed by atoms with Gasteiger partial charge in [0.15, 0.2) is 0 Å². The van der Waals surface area contributed by atoms with Gasteiger partial charge in [-0.1, -0.05) is 180 Å². The molecule has 0 radical (unpaired) electrons. The summed E-state index contributed by atoms with van der Waals surface area (Å²) in [4.78, 5) is 2.59. The maximum absolute atomic E-state index is 2.61. The van der Waals surface area contributed by atoms with Crippen LogP contribution in [0.2, 0.25) is 0 Å². The summed E-state index contributed by atoms with van der Waals surface area (Å²) in [6.45, 7) is 9.63. The minimum atomic E-state index is -0.165. The van der Waals surface area contributed by atoms with Crippen LogP contribution in [0.25, 0.3) is 55.6 Å². The number of rotatable bonds is 5. The van der Waals surface area contributed by atoms with Crippen molar-refractivity contribution in [2.75, 3.05) is 4.90 Å². The molecular formula is C61H51N. The Bertz CT molecular complexity index is 3160. The second kappa shape index (κ2) is 12.8. The summed E-state index contributed by atoms with van der Waals surface area (Å²) in [5, 5.41) is 0. The topological polar surface area (TPSA) is 3.24 Å². The minimum absolute atomic E-state index is 0.1000. The fourth-order valence-corrected chi connectivity index (χ4v) is 13.8. The van der Waals surface area contributed by atoms with Gasteiger partial charge in [-0.05, 0) is 150 Å². The SMILES string of the molecule is CC1(C)c2ccccc2-c2cccc(-c3ccccc3-c3ccc(N(c4ccc5c(c4)C4(CC6CCC4C6)c4ccccc4-5)c4cccc5c4C(C)(C)c4ccccc4-5)cc3)c21. The van der Waals surface area contributed by atoms with Gasteiger partial charge >= 0.3 is 0 Å². The summed E-state index contributed by atoms with van der Waals surface area (Å²) in [6, 6.07) is 67.3. The van der Waals surface area contributed by atoms with E-state index in [1.807, 2.05) is 0 Å². The summed E-state index contributed by atoms with van der Waals surface area (Å²) < 4.78 is 0. The summed E-state index contributed by atoms with van der Waals surface area (Å²) in [6.07, 6.45) is 5.36. The van der Waals surface area contributed by atoms with E-state index in [-0.39, 0.29) is 16.2 Å². The summed E-state index contributed by atoms with van der Waals surface area (Å²) in [7, 11) is 0. The molecule has 62 heavy (non-hydrogen) atoms. The summed E-state index contributed by atoms with van der Waals surface area (Å²) >= 11 is 0. The molecule has 0 amide bonds. The first-order chi connectivity index (χ1) is 30.2. The first kappa shape index (κ1) is 36.2. The highest BCUT2D eigenvalue weighted by molar-refractivity contribution is 5.95. The van der Waals surface area contributed by atoms with Crippen molar-refractivity contribution < 1.29 is 0 Å². The van der Waals surface area contributed by atoms with E-state index in [9.17, 15) is 0 Å². The lowest BCUT2D eigenvalue weighted by atomic mass is 9.67. The van der Waals surface area contributed by atoms with Gasteiger partial charge in [-0.15, -0.1) is 0 Å². The van der Waals surface area contributed by atoms with Gasteiger partial charge in [0.2, 0.25) is 0 Å². The van der Waals surface area contributed by atoms with Crippen molar-refractivity contribution in [3.05, 3.63) is 209 Å². The summed E-state index contributed by atoms with van der Waals surface area (Å²) in [5.41, 5.74) is 25.7. The van der Waals surface area contributed by atoms with Crippen molar-refractivity contribution in [1.29, 1.82) is 0 Å². The Morgan fingerprint density at radius 2 is 0.903 bits per heavy atom. The fraction of sp³-hybridized carbons (Fsp3) is 0.213. The molecule has 2 fully saturated rings. The molecule has 13 rings (SSSR count). The lowest BCUT2D eigenvalue weighted by Crippen LogP contribution is -2.32. The van der Waals surface area contributed by atoms with Gasteiger partial charge in [0.05, 0.1) is 5.69 Å². The highest BCUT2D eigenvalue weighted by atomic mass is 15.1. The van der Waals surface area contributed by atoms with Gasteiger partial charge in [-0.2, -0.15) is 0 Å². The quantitative estimate of drug-likeness (QED) is 0.168. The molecule has 0 aliphatic heterocycles. The van der Waals surface area contributed by atoms with Gasteiger partial charge in [-0.3, -0.25) is 0 Å². The Hall–Kier alpha value is -6.44. The molecule has 8 aromatic carbocycles. The molecule has 1 nitrogen and oxygen atoms in total. The van der Waals surface area contributed by atoms with Crippen LogP contribution in [-0.2, 0) is 16.2 Å². The highest BCUT2D eigenvalue weighted by Gasteiger charge is 2.57. The average Bonchev–Trinajstić information content (AvgIpc) is 4.10. The molecule has 300 valence electrons. The zero-order valence-electron chi connectivity index (χ0n) is 36.2. The van der Waals surface area contributed by atoms with Crippen molar-refractivity contribution >= 4 is 17.1 Å². The lowest BCUT2D eigenvalue weighted by molar-refractivity contribution is 0.327. The lowest BCUT2D eigenvalue weighted by Gasteiger charge is -2.37. The van der Waals surface area contributed by atoms with E-state index in [0.717, 1.165) is 5.92 Å². The number of benzene rings is 8. The van der Waals surface area contributed by atoms with Gasteiger partial charge in [0.25, 0.3) is 0 Å². The molecule has 1 spiro atoms. The Morgan fingerprint density at radius 1 is 0.403 bits per heavy atom. The van der Waals surface area contributed by atoms with E-state index in [1.165, 1.54) is 121 Å². The molecule has 0 saturated heterocycles. The van der Waals surface area contributed by atoms with Gasteiger partial charge in [0, 0.05) is 27.6 Å². The molecule has 0 N–H and O–H groups in total. The van der Waals surface area contributed by atoms with Crippen LogP contribution in [0.15, 0.2) is 176 Å². The Balaban J connectivity index is 0.980. The van der Waals surface area contributed by atoms with Crippen LogP contribution in [0.1, 0.15) is 86.8 Å². The normalized spacial score (nSPS) is 21.0. The van der Waals surface area contributed by atoms with Crippen LogP contribution in [-0.4, -0.2) is 0 Å². The van der Waals surface area contributed by atoms with E-state index in [2.05, 4.69) is 209 Å². The largest absolute Gasteiger partial charge is 0.310 e. The maximum atomic E-state index is 2.61. The predicted molar refractivity (Wildman–Crippen MR) is 259 cm³/mol. The van der Waals surface area contributed by atoms with Crippen LogP contribution >= 0.6 is 0 Å². The zero-order chi connectivity index (χ0) is 41.5. The van der Waals surface area contributed by atoms with Crippen molar-refractivity contribution in [2.24, 2.45) is 11.8 Å². The molecular weight excluding hydrogens is 747 g/mol. The average molecular weight is 798 g/mol. The molecule has 8 aromatic rings. The van der Waals surface area contributed by atoms with Gasteiger partial charge in [0.1, 0.15) is 0 Å². The van der Waals surface area contributed by atoms with Crippen molar-refractivity contribution in [3.8, 4) is 55.6 Å². The maximum Gasteiger partial charge on any atom is 0.0508 e. The first-order valence-corrected chi connectivity index (χ1v) is 23.0. The van der Waals surface area contributed by atoms with Crippen LogP contribution in [0.5, 0.6) is 0 Å². The monoisotopic (exact) mass is 797 g/mol. The van der Waals surface area contributed by atoms with E-state index >= 15 is 0 Å². The number of fused-ring (bicyclic) bond motifs is 14. The third-order valence-electron chi connectivity index (χ3n) is 16.3. The second-order valence-corrected chi connectivity index (χ2v) is 20.0. The molecule has 3 atom stereocenters. The minimum Gasteiger partial charge on any atom is -0.310 e. The molecule has 1 heteroatoms. The Labute approximate surface area is 366 Å². The van der Waals surface area contributed by atoms with E-state index in [4.69, 9.17) is 0 Å². The molecule has 0 aromatic heterocycles. The highest BCUT2D eigenvalue weighted by Crippen LogP contribution is 2.66. The van der Waals surface area contributed by atoms with Crippen molar-refractivity contribution in [3.63, 3.8) is 0 Å². The van der Waals surface area contributed by atoms with Crippen molar-refractivity contribution in [1.82, 2.24) is 0 Å². The smallest absolute Gasteiger partial charge is 0.0508 e. The van der Waals surface area contributed by atoms with Gasteiger partial charge in [-0.25, -0.2) is 0 Å². The first-order valence-electron chi connectivity index (χ1n) is 23.0. The molecule has 2 bridgehead atoms. The molecule has 3 unspecified atom stereocenters. The van der Waals surface area contributed by atoms with Crippen LogP contribution in [0, 0.1) is 11.8 Å². The standard InChI is InChI=1S/C61H51N/c1-59(2)52-23-10-7-18-46(52)50-21-13-20-49(57(50)59)44-16-6-5-15-43(44)39-28-31-41(32-29-39)62(56-26-14-22-51-47-19-8-11-24-53(47)60(3,4)58(51)56)42-33-34-48-45-17-9-12-25-54(45)61(55(48)36-42)37-38-27-30-40(61)35-38/h5-26,28-29,31-34,36,38,40H,27,30,35,37H2,1-4H3. The predicted octanol–water partition coefficient (Wildman–Crippen LogP) is 16.2. The summed E-state index contributed by atoms with van der Waals surface area (Å²) in [5.74, 6) is 1.53. The molecule has 0 heterocycles. The Kier molecular flexibility index (Phi) is 7.48. The van der Waals surface area contributed by atoms with E-state index in [0.29, 0.717) is 5.92 Å². The zero-order valence-corrected chi connectivity index (χ0v) is 36.2. The number of hydrogen-bond donors (Lipinski definition) is 0. The van der Waals surface area contributed by atoms with Crippen LogP contribution < -0.4 is 4.90 Å². The fourth-order valence-electron chi connectivity index (χ4n) is 13.8. The van der Waals surface area contributed by atoms with E-state index < -0.39 is 0 Å². The number of nitrogens with zero attached hydrogens (tertiary/aromatic N) is 1.